The lowest BCUT2D eigenvalue weighted by atomic mass is 9.98. The third-order valence-electron chi connectivity index (χ3n) is 4.42. The van der Waals surface area contributed by atoms with Crippen molar-refractivity contribution in [2.24, 2.45) is 0 Å². The molecule has 0 spiro atoms. The highest BCUT2D eigenvalue weighted by molar-refractivity contribution is 8.04. The van der Waals surface area contributed by atoms with Gasteiger partial charge in [-0.3, -0.25) is 4.79 Å². The molecule has 0 N–H and O–H groups in total. The van der Waals surface area contributed by atoms with Crippen LogP contribution >= 0.6 is 11.8 Å². The van der Waals surface area contributed by atoms with Crippen molar-refractivity contribution in [3.63, 3.8) is 0 Å². The van der Waals surface area contributed by atoms with Crippen LogP contribution in [0.3, 0.4) is 0 Å². The molecule has 0 atom stereocenters. The van der Waals surface area contributed by atoms with Gasteiger partial charge in [0.1, 0.15) is 0 Å². The Kier molecular flexibility index (Phi) is 6.83. The summed E-state index contributed by atoms with van der Waals surface area (Å²) in [5, 5.41) is 0. The van der Waals surface area contributed by atoms with Crippen molar-refractivity contribution in [1.29, 1.82) is 0 Å². The third kappa shape index (κ3) is 4.96. The van der Waals surface area contributed by atoms with Gasteiger partial charge in [-0.05, 0) is 55.5 Å². The van der Waals surface area contributed by atoms with Gasteiger partial charge < -0.3 is 0 Å². The normalized spacial score (nSPS) is 11.8. The second kappa shape index (κ2) is 8.87. The number of carbonyl (C=O) groups is 1. The molecule has 0 aliphatic carbocycles. The number of benzene rings is 2. The molecule has 0 aliphatic heterocycles. The Labute approximate surface area is 155 Å². The van der Waals surface area contributed by atoms with Crippen molar-refractivity contribution in [2.75, 3.05) is 0 Å². The van der Waals surface area contributed by atoms with E-state index in [1.807, 2.05) is 31.2 Å². The summed E-state index contributed by atoms with van der Waals surface area (Å²) >= 11 is 1.57. The highest BCUT2D eigenvalue weighted by atomic mass is 32.2. The molecule has 2 aromatic carbocycles. The van der Waals surface area contributed by atoms with Crippen LogP contribution in [0.1, 0.15) is 37.0 Å². The fourth-order valence-corrected chi connectivity index (χ4v) is 3.70. The Morgan fingerprint density at radius 1 is 1.00 bits per heavy atom. The standard InChI is InChI=1S/C23H26OS/c1-6-16(2)23(25-21-14-10-8-12-18(21)4)22(24)19(5)15-20-13-9-7-11-17(20)3/h7-14H,5-6,15H2,1-4H3/b23-16+. The number of carbonyl (C=O) groups excluding carboxylic acids is 1. The van der Waals surface area contributed by atoms with Crippen molar-refractivity contribution in [3.05, 3.63) is 87.9 Å². The zero-order valence-corrected chi connectivity index (χ0v) is 16.4. The van der Waals surface area contributed by atoms with Gasteiger partial charge >= 0.3 is 0 Å². The maximum Gasteiger partial charge on any atom is 0.195 e. The summed E-state index contributed by atoms with van der Waals surface area (Å²) in [5.41, 5.74) is 5.31. The largest absolute Gasteiger partial charge is 0.288 e. The number of Topliss-reactive ketones (excluding diaryl/α,β-unsaturated/α-hetero) is 1. The number of ketones is 1. The van der Waals surface area contributed by atoms with Gasteiger partial charge in [0.25, 0.3) is 0 Å². The second-order valence-corrected chi connectivity index (χ2v) is 7.42. The summed E-state index contributed by atoms with van der Waals surface area (Å²) in [6.07, 6.45) is 1.46. The number of aryl methyl sites for hydroxylation is 2. The minimum atomic E-state index is 0.0656. The van der Waals surface area contributed by atoms with Crippen LogP contribution in [0.2, 0.25) is 0 Å². The average Bonchev–Trinajstić information content (AvgIpc) is 2.61. The van der Waals surface area contributed by atoms with Crippen LogP contribution in [0, 0.1) is 13.8 Å². The van der Waals surface area contributed by atoms with Gasteiger partial charge in [0.05, 0.1) is 4.91 Å². The third-order valence-corrected chi connectivity index (χ3v) is 5.83. The van der Waals surface area contributed by atoms with Crippen LogP contribution in [0.25, 0.3) is 0 Å². The van der Waals surface area contributed by atoms with E-state index in [1.54, 1.807) is 11.8 Å². The lowest BCUT2D eigenvalue weighted by molar-refractivity contribution is -0.111. The summed E-state index contributed by atoms with van der Waals surface area (Å²) < 4.78 is 0. The molecule has 0 unspecified atom stereocenters. The van der Waals surface area contributed by atoms with Crippen molar-refractivity contribution in [1.82, 2.24) is 0 Å². The molecule has 0 saturated heterocycles. The van der Waals surface area contributed by atoms with Gasteiger partial charge in [-0.1, -0.05) is 73.3 Å². The zero-order chi connectivity index (χ0) is 18.4. The van der Waals surface area contributed by atoms with Crippen molar-refractivity contribution >= 4 is 17.5 Å². The molecule has 0 bridgehead atoms. The van der Waals surface area contributed by atoms with E-state index in [0.29, 0.717) is 12.0 Å². The maximum absolute atomic E-state index is 13.1. The van der Waals surface area contributed by atoms with Crippen LogP contribution in [0.4, 0.5) is 0 Å². The predicted octanol–water partition coefficient (Wildman–Crippen LogP) is 6.45. The Hall–Kier alpha value is -2.06. The van der Waals surface area contributed by atoms with E-state index in [0.717, 1.165) is 27.4 Å². The van der Waals surface area contributed by atoms with Gasteiger partial charge in [-0.15, -0.1) is 0 Å². The molecule has 2 aromatic rings. The molecule has 0 aliphatic rings. The number of allylic oxidation sites excluding steroid dienone is 3. The Balaban J connectivity index is 2.26. The predicted molar refractivity (Wildman–Crippen MR) is 109 cm³/mol. The number of hydrogen-bond acceptors (Lipinski definition) is 2. The molecular weight excluding hydrogens is 324 g/mol. The molecule has 0 aromatic heterocycles. The lowest BCUT2D eigenvalue weighted by Crippen LogP contribution is -2.08. The maximum atomic E-state index is 13.1. The minimum Gasteiger partial charge on any atom is -0.288 e. The van der Waals surface area contributed by atoms with E-state index in [9.17, 15) is 4.79 Å². The second-order valence-electron chi connectivity index (χ2n) is 6.37. The summed E-state index contributed by atoms with van der Waals surface area (Å²) in [6, 6.07) is 16.4. The summed E-state index contributed by atoms with van der Waals surface area (Å²) in [6.45, 7) is 12.4. The van der Waals surface area contributed by atoms with Crippen LogP contribution in [-0.2, 0) is 11.2 Å². The fraction of sp³-hybridized carbons (Fsp3) is 0.261. The van der Waals surface area contributed by atoms with E-state index in [-0.39, 0.29) is 5.78 Å². The molecule has 0 saturated carbocycles. The molecule has 1 nitrogen and oxygen atoms in total. The lowest BCUT2D eigenvalue weighted by Gasteiger charge is -2.14. The molecule has 25 heavy (non-hydrogen) atoms. The zero-order valence-electron chi connectivity index (χ0n) is 15.6. The molecule has 2 heteroatoms. The van der Waals surface area contributed by atoms with Gasteiger partial charge in [0, 0.05) is 11.3 Å². The van der Waals surface area contributed by atoms with E-state index in [4.69, 9.17) is 0 Å². The van der Waals surface area contributed by atoms with Crippen molar-refractivity contribution in [2.45, 2.75) is 45.4 Å². The molecule has 0 fully saturated rings. The Bertz CT molecular complexity index is 814. The molecule has 0 radical (unpaired) electrons. The highest BCUT2D eigenvalue weighted by Crippen LogP contribution is 2.34. The molecular formula is C23H26OS. The first-order valence-electron chi connectivity index (χ1n) is 8.64. The molecule has 2 rings (SSSR count). The summed E-state index contributed by atoms with van der Waals surface area (Å²) in [5.74, 6) is 0.0656. The number of thioether (sulfide) groups is 1. The van der Waals surface area contributed by atoms with Gasteiger partial charge in [-0.25, -0.2) is 0 Å². The van der Waals surface area contributed by atoms with E-state index >= 15 is 0 Å². The first kappa shape index (κ1) is 19.3. The molecule has 130 valence electrons. The topological polar surface area (TPSA) is 17.1 Å². The van der Waals surface area contributed by atoms with Crippen LogP contribution in [0.5, 0.6) is 0 Å². The average molecular weight is 351 g/mol. The molecule has 0 amide bonds. The van der Waals surface area contributed by atoms with E-state index < -0.39 is 0 Å². The number of hydrogen-bond donors (Lipinski definition) is 0. The Morgan fingerprint density at radius 3 is 2.20 bits per heavy atom. The summed E-state index contributed by atoms with van der Waals surface area (Å²) in [4.78, 5) is 15.0. The van der Waals surface area contributed by atoms with Gasteiger partial charge in [-0.2, -0.15) is 0 Å². The van der Waals surface area contributed by atoms with Crippen LogP contribution in [0.15, 0.2) is 76.1 Å². The van der Waals surface area contributed by atoms with Crippen molar-refractivity contribution in [3.8, 4) is 0 Å². The minimum absolute atomic E-state index is 0.0656. The van der Waals surface area contributed by atoms with Gasteiger partial charge in [0.15, 0.2) is 5.78 Å². The first-order valence-corrected chi connectivity index (χ1v) is 9.45. The van der Waals surface area contributed by atoms with Gasteiger partial charge in [0.2, 0.25) is 0 Å². The summed E-state index contributed by atoms with van der Waals surface area (Å²) in [7, 11) is 0. The molecule has 0 heterocycles. The van der Waals surface area contributed by atoms with Crippen LogP contribution in [-0.4, -0.2) is 5.78 Å². The van der Waals surface area contributed by atoms with Crippen molar-refractivity contribution < 1.29 is 4.79 Å². The SMILES string of the molecule is C=C(Cc1ccccc1C)C(=O)/C(Sc1ccccc1C)=C(/C)CC. The monoisotopic (exact) mass is 350 g/mol. The quantitative estimate of drug-likeness (QED) is 0.422. The van der Waals surface area contributed by atoms with E-state index in [1.165, 1.54) is 11.1 Å². The number of rotatable bonds is 7. The fourth-order valence-electron chi connectivity index (χ4n) is 2.55. The first-order chi connectivity index (χ1) is 11.9. The smallest absolute Gasteiger partial charge is 0.195 e. The van der Waals surface area contributed by atoms with E-state index in [2.05, 4.69) is 51.6 Å². The van der Waals surface area contributed by atoms with Crippen LogP contribution < -0.4 is 0 Å². The highest BCUT2D eigenvalue weighted by Gasteiger charge is 2.18. The Morgan fingerprint density at radius 2 is 1.60 bits per heavy atom.